The second-order valence-corrected chi connectivity index (χ2v) is 10.4. The number of nitrogens with one attached hydrogen (secondary N) is 1. The quantitative estimate of drug-likeness (QED) is 0.664. The summed E-state index contributed by atoms with van der Waals surface area (Å²) in [5, 5.41) is 2.93. The fraction of sp³-hybridized carbons (Fsp3) is 0.467. The van der Waals surface area contributed by atoms with Crippen LogP contribution in [0, 0.1) is 25.3 Å². The first-order chi connectivity index (χ1) is 8.74. The molecule has 0 fully saturated rings. The number of aryl methyl sites for hydroxylation is 1. The number of pyridine rings is 1. The van der Waals surface area contributed by atoms with E-state index in [0.29, 0.717) is 6.42 Å². The van der Waals surface area contributed by atoms with Crippen LogP contribution in [0.15, 0.2) is 6.20 Å². The molecule has 1 heterocycles. The molecule has 0 atom stereocenters. The Bertz CT molecular complexity index is 548. The van der Waals surface area contributed by atoms with Crippen LogP contribution in [0.2, 0.25) is 19.6 Å². The van der Waals surface area contributed by atoms with E-state index in [9.17, 15) is 4.79 Å². The van der Waals surface area contributed by atoms with Gasteiger partial charge in [0.25, 0.3) is 0 Å². The average molecular weight is 274 g/mol. The minimum atomic E-state index is -1.42. The van der Waals surface area contributed by atoms with Crippen molar-refractivity contribution >= 4 is 19.7 Å². The molecule has 0 aliphatic rings. The van der Waals surface area contributed by atoms with E-state index in [1.54, 1.807) is 6.20 Å². The highest BCUT2D eigenvalue weighted by atomic mass is 28.3. The Morgan fingerprint density at radius 1 is 1.37 bits per heavy atom. The first-order valence-corrected chi connectivity index (χ1v) is 10.0. The second kappa shape index (κ2) is 6.03. The molecule has 0 saturated carbocycles. The molecule has 102 valence electrons. The van der Waals surface area contributed by atoms with E-state index >= 15 is 0 Å². The zero-order chi connectivity index (χ0) is 14.6. The van der Waals surface area contributed by atoms with Gasteiger partial charge in [0.1, 0.15) is 13.8 Å². The minimum Gasteiger partial charge on any atom is -0.325 e. The van der Waals surface area contributed by atoms with Crippen LogP contribution in [-0.2, 0) is 4.79 Å². The van der Waals surface area contributed by atoms with Crippen LogP contribution in [0.1, 0.15) is 30.2 Å². The molecule has 0 saturated heterocycles. The minimum absolute atomic E-state index is 0.0153. The van der Waals surface area contributed by atoms with Gasteiger partial charge in [-0.1, -0.05) is 32.5 Å². The molecule has 1 aromatic heterocycles. The number of amides is 1. The van der Waals surface area contributed by atoms with Gasteiger partial charge in [-0.3, -0.25) is 4.79 Å². The zero-order valence-corrected chi connectivity index (χ0v) is 13.6. The summed E-state index contributed by atoms with van der Waals surface area (Å²) in [6.45, 7) is 12.3. The van der Waals surface area contributed by atoms with Gasteiger partial charge in [-0.2, -0.15) is 0 Å². The van der Waals surface area contributed by atoms with Crippen LogP contribution in [-0.4, -0.2) is 19.0 Å². The molecule has 0 radical (unpaired) electrons. The van der Waals surface area contributed by atoms with Crippen molar-refractivity contribution < 1.29 is 4.79 Å². The van der Waals surface area contributed by atoms with Crippen molar-refractivity contribution in [2.75, 3.05) is 5.32 Å². The van der Waals surface area contributed by atoms with E-state index in [2.05, 4.69) is 41.4 Å². The SMILES string of the molecule is CCC(=O)Nc1c(C)cnc(C#C[Si](C)(C)C)c1C. The van der Waals surface area contributed by atoms with E-state index in [-0.39, 0.29) is 5.91 Å². The third-order valence-electron chi connectivity index (χ3n) is 2.65. The van der Waals surface area contributed by atoms with E-state index < -0.39 is 8.07 Å². The lowest BCUT2D eigenvalue weighted by Gasteiger charge is -2.12. The third-order valence-corrected chi connectivity index (χ3v) is 3.53. The van der Waals surface area contributed by atoms with Crippen molar-refractivity contribution in [3.05, 3.63) is 23.0 Å². The van der Waals surface area contributed by atoms with Crippen LogP contribution >= 0.6 is 0 Å². The van der Waals surface area contributed by atoms with Gasteiger partial charge in [-0.05, 0) is 19.4 Å². The predicted octanol–water partition coefficient (Wildman–Crippen LogP) is 3.28. The molecule has 3 nitrogen and oxygen atoms in total. The van der Waals surface area contributed by atoms with Crippen LogP contribution in [0.5, 0.6) is 0 Å². The number of hydrogen-bond donors (Lipinski definition) is 1. The Morgan fingerprint density at radius 3 is 2.53 bits per heavy atom. The molecule has 0 spiro atoms. The number of anilines is 1. The van der Waals surface area contributed by atoms with Crippen LogP contribution in [0.25, 0.3) is 0 Å². The Labute approximate surface area is 116 Å². The average Bonchev–Trinajstić information content (AvgIpc) is 2.32. The summed E-state index contributed by atoms with van der Waals surface area (Å²) in [6, 6.07) is 0. The largest absolute Gasteiger partial charge is 0.325 e. The van der Waals surface area contributed by atoms with Crippen molar-refractivity contribution in [2.24, 2.45) is 0 Å². The Kier molecular flexibility index (Phi) is 4.90. The molecule has 1 amide bonds. The van der Waals surface area contributed by atoms with Gasteiger partial charge in [0.15, 0.2) is 0 Å². The van der Waals surface area contributed by atoms with Crippen LogP contribution < -0.4 is 5.32 Å². The smallest absolute Gasteiger partial charge is 0.224 e. The van der Waals surface area contributed by atoms with Crippen molar-refractivity contribution in [1.29, 1.82) is 0 Å². The normalized spacial score (nSPS) is 10.6. The van der Waals surface area contributed by atoms with Crippen molar-refractivity contribution in [2.45, 2.75) is 46.8 Å². The maximum Gasteiger partial charge on any atom is 0.224 e. The molecule has 0 aromatic carbocycles. The summed E-state index contributed by atoms with van der Waals surface area (Å²) in [4.78, 5) is 15.9. The lowest BCUT2D eigenvalue weighted by molar-refractivity contribution is -0.115. The maximum absolute atomic E-state index is 11.6. The van der Waals surface area contributed by atoms with Crippen molar-refractivity contribution in [3.63, 3.8) is 0 Å². The zero-order valence-electron chi connectivity index (χ0n) is 12.6. The maximum atomic E-state index is 11.6. The molecule has 0 bridgehead atoms. The summed E-state index contributed by atoms with van der Waals surface area (Å²) < 4.78 is 0. The molecule has 4 heteroatoms. The van der Waals surface area contributed by atoms with Gasteiger partial charge in [0.2, 0.25) is 5.91 Å². The van der Waals surface area contributed by atoms with Gasteiger partial charge in [0, 0.05) is 18.2 Å². The first-order valence-electron chi connectivity index (χ1n) is 6.54. The van der Waals surface area contributed by atoms with Crippen LogP contribution in [0.3, 0.4) is 0 Å². The van der Waals surface area contributed by atoms with E-state index in [1.165, 1.54) is 0 Å². The Balaban J connectivity index is 3.19. The van der Waals surface area contributed by atoms with Crippen LogP contribution in [0.4, 0.5) is 5.69 Å². The number of nitrogens with zero attached hydrogens (tertiary/aromatic N) is 1. The molecular weight excluding hydrogens is 252 g/mol. The fourth-order valence-electron chi connectivity index (χ4n) is 1.53. The first kappa shape index (κ1) is 15.5. The van der Waals surface area contributed by atoms with Gasteiger partial charge in [0.05, 0.1) is 5.69 Å². The summed E-state index contributed by atoms with van der Waals surface area (Å²) in [5.74, 6) is 3.18. The number of carbonyl (C=O) groups is 1. The Hall–Kier alpha value is -1.60. The highest BCUT2D eigenvalue weighted by Crippen LogP contribution is 2.21. The highest BCUT2D eigenvalue weighted by molar-refractivity contribution is 6.83. The van der Waals surface area contributed by atoms with Gasteiger partial charge in [-0.15, -0.1) is 5.54 Å². The van der Waals surface area contributed by atoms with Gasteiger partial charge < -0.3 is 5.32 Å². The summed E-state index contributed by atoms with van der Waals surface area (Å²) in [7, 11) is -1.42. The fourth-order valence-corrected chi connectivity index (χ4v) is 2.02. The van der Waals surface area contributed by atoms with E-state index in [4.69, 9.17) is 0 Å². The highest BCUT2D eigenvalue weighted by Gasteiger charge is 2.11. The number of hydrogen-bond acceptors (Lipinski definition) is 2. The lowest BCUT2D eigenvalue weighted by Crippen LogP contribution is -2.16. The second-order valence-electron chi connectivity index (χ2n) is 5.69. The van der Waals surface area contributed by atoms with Gasteiger partial charge >= 0.3 is 0 Å². The molecule has 1 rings (SSSR count). The number of carbonyl (C=O) groups excluding carboxylic acids is 1. The lowest BCUT2D eigenvalue weighted by atomic mass is 10.1. The summed E-state index contributed by atoms with van der Waals surface area (Å²) >= 11 is 0. The van der Waals surface area contributed by atoms with Crippen molar-refractivity contribution in [3.8, 4) is 11.5 Å². The van der Waals surface area contributed by atoms with E-state index in [0.717, 1.165) is 22.5 Å². The third kappa shape index (κ3) is 4.53. The molecule has 0 aliphatic heterocycles. The standard InChI is InChI=1S/C15H22N2OSi/c1-7-14(18)17-15-11(2)10-16-13(12(15)3)8-9-19(4,5)6/h10H,7H2,1-6H3,(H,16,17,18). The molecular formula is C15H22N2OSi. The molecule has 19 heavy (non-hydrogen) atoms. The summed E-state index contributed by atoms with van der Waals surface area (Å²) in [6.07, 6.45) is 2.24. The monoisotopic (exact) mass is 274 g/mol. The molecule has 1 N–H and O–H groups in total. The summed E-state index contributed by atoms with van der Waals surface area (Å²) in [5.41, 5.74) is 6.84. The van der Waals surface area contributed by atoms with Gasteiger partial charge in [-0.25, -0.2) is 4.98 Å². The topological polar surface area (TPSA) is 42.0 Å². The Morgan fingerprint density at radius 2 is 2.00 bits per heavy atom. The number of rotatable bonds is 2. The van der Waals surface area contributed by atoms with E-state index in [1.807, 2.05) is 20.8 Å². The molecule has 1 aromatic rings. The molecule has 0 unspecified atom stereocenters. The molecule has 0 aliphatic carbocycles. The van der Waals surface area contributed by atoms with Crippen molar-refractivity contribution in [1.82, 2.24) is 4.98 Å². The predicted molar refractivity (Wildman–Crippen MR) is 82.9 cm³/mol. The number of aromatic nitrogens is 1.